The molecule has 0 aliphatic heterocycles. The van der Waals surface area contributed by atoms with Crippen molar-refractivity contribution in [2.75, 3.05) is 0 Å². The Bertz CT molecular complexity index is 422. The largest absolute Gasteiger partial charge is 0.449 e. The van der Waals surface area contributed by atoms with E-state index in [1.165, 1.54) is 12.1 Å². The van der Waals surface area contributed by atoms with Crippen molar-refractivity contribution in [3.8, 4) is 11.3 Å². The van der Waals surface area contributed by atoms with Crippen LogP contribution in [0.3, 0.4) is 0 Å². The number of furan rings is 1. The first kappa shape index (κ1) is 8.51. The van der Waals surface area contributed by atoms with Crippen molar-refractivity contribution < 1.29 is 8.81 Å². The second-order valence-corrected chi connectivity index (χ2v) is 3.40. The first-order chi connectivity index (χ1) is 6.25. The molecule has 0 atom stereocenters. The van der Waals surface area contributed by atoms with Crippen LogP contribution >= 0.6 is 15.9 Å². The van der Waals surface area contributed by atoms with Crippen molar-refractivity contribution in [2.24, 2.45) is 0 Å². The van der Waals surface area contributed by atoms with Crippen LogP contribution in [0.5, 0.6) is 0 Å². The molecule has 0 saturated heterocycles. The Kier molecular flexibility index (Phi) is 2.19. The molecule has 0 radical (unpaired) electrons. The average Bonchev–Trinajstić information content (AvgIpc) is 2.52. The summed E-state index contributed by atoms with van der Waals surface area (Å²) in [5.74, 6) is 0.399. The first-order valence-electron chi connectivity index (χ1n) is 3.77. The summed E-state index contributed by atoms with van der Waals surface area (Å²) in [6.45, 7) is 0. The molecule has 0 fully saturated rings. The summed E-state index contributed by atoms with van der Waals surface area (Å²) in [5.41, 5.74) is 0.741. The monoisotopic (exact) mass is 240 g/mol. The molecule has 13 heavy (non-hydrogen) atoms. The maximum Gasteiger partial charge on any atom is 0.169 e. The van der Waals surface area contributed by atoms with E-state index in [-0.39, 0.29) is 5.82 Å². The molecule has 1 nitrogen and oxygen atoms in total. The van der Waals surface area contributed by atoms with Crippen molar-refractivity contribution >= 4 is 15.9 Å². The summed E-state index contributed by atoms with van der Waals surface area (Å²) in [6.07, 6.45) is 0. The van der Waals surface area contributed by atoms with E-state index in [4.69, 9.17) is 4.42 Å². The zero-order chi connectivity index (χ0) is 9.26. The Balaban J connectivity index is 2.46. The van der Waals surface area contributed by atoms with Gasteiger partial charge in [-0.15, -0.1) is 0 Å². The fraction of sp³-hybridized carbons (Fsp3) is 0. The molecule has 1 aromatic heterocycles. The molecule has 0 saturated carbocycles. The van der Waals surface area contributed by atoms with Gasteiger partial charge in [0, 0.05) is 5.56 Å². The summed E-state index contributed by atoms with van der Waals surface area (Å²) >= 11 is 3.19. The second-order valence-electron chi connectivity index (χ2n) is 2.61. The SMILES string of the molecule is Fc1cccc(-c2ccc(Br)o2)c1. The third-order valence-electron chi connectivity index (χ3n) is 1.68. The quantitative estimate of drug-likeness (QED) is 0.739. The lowest BCUT2D eigenvalue weighted by molar-refractivity contribution is 0.554. The van der Waals surface area contributed by atoms with Gasteiger partial charge in [0.15, 0.2) is 4.67 Å². The van der Waals surface area contributed by atoms with Crippen LogP contribution in [0.1, 0.15) is 0 Å². The van der Waals surface area contributed by atoms with Gasteiger partial charge in [-0.1, -0.05) is 12.1 Å². The van der Waals surface area contributed by atoms with Gasteiger partial charge in [0.1, 0.15) is 11.6 Å². The van der Waals surface area contributed by atoms with Crippen LogP contribution in [-0.2, 0) is 0 Å². The maximum atomic E-state index is 12.8. The van der Waals surface area contributed by atoms with Crippen LogP contribution < -0.4 is 0 Å². The Morgan fingerprint density at radius 1 is 1.15 bits per heavy atom. The number of rotatable bonds is 1. The minimum atomic E-state index is -0.259. The smallest absolute Gasteiger partial charge is 0.169 e. The van der Waals surface area contributed by atoms with Gasteiger partial charge >= 0.3 is 0 Å². The third-order valence-corrected chi connectivity index (χ3v) is 2.11. The van der Waals surface area contributed by atoms with Crippen molar-refractivity contribution in [1.29, 1.82) is 0 Å². The van der Waals surface area contributed by atoms with Crippen LogP contribution in [0.4, 0.5) is 4.39 Å². The minimum absolute atomic E-state index is 0.259. The lowest BCUT2D eigenvalue weighted by Crippen LogP contribution is -1.75. The lowest BCUT2D eigenvalue weighted by Gasteiger charge is -1.95. The molecule has 1 heterocycles. The Morgan fingerprint density at radius 3 is 2.62 bits per heavy atom. The zero-order valence-corrected chi connectivity index (χ0v) is 8.21. The van der Waals surface area contributed by atoms with Gasteiger partial charge in [-0.2, -0.15) is 0 Å². The molecule has 3 heteroatoms. The Hall–Kier alpha value is -1.09. The topological polar surface area (TPSA) is 13.1 Å². The van der Waals surface area contributed by atoms with Gasteiger partial charge in [-0.3, -0.25) is 0 Å². The van der Waals surface area contributed by atoms with Gasteiger partial charge in [0.2, 0.25) is 0 Å². The summed E-state index contributed by atoms with van der Waals surface area (Å²) < 4.78 is 18.7. The zero-order valence-electron chi connectivity index (χ0n) is 6.63. The van der Waals surface area contributed by atoms with Crippen LogP contribution in [0.25, 0.3) is 11.3 Å². The second kappa shape index (κ2) is 3.34. The summed E-state index contributed by atoms with van der Waals surface area (Å²) in [4.78, 5) is 0. The molecule has 0 N–H and O–H groups in total. The van der Waals surface area contributed by atoms with Crippen molar-refractivity contribution in [1.82, 2.24) is 0 Å². The fourth-order valence-corrected chi connectivity index (χ4v) is 1.42. The van der Waals surface area contributed by atoms with Gasteiger partial charge < -0.3 is 4.42 Å². The molecular formula is C10H6BrFO. The highest BCUT2D eigenvalue weighted by Crippen LogP contribution is 2.25. The van der Waals surface area contributed by atoms with Crippen LogP contribution in [0.15, 0.2) is 45.5 Å². The standard InChI is InChI=1S/C10H6BrFO/c11-10-5-4-9(13-10)7-2-1-3-8(12)6-7/h1-6H. The number of hydrogen-bond donors (Lipinski definition) is 0. The van der Waals surface area contributed by atoms with Gasteiger partial charge in [0.25, 0.3) is 0 Å². The highest BCUT2D eigenvalue weighted by molar-refractivity contribution is 9.10. The average molecular weight is 241 g/mol. The van der Waals surface area contributed by atoms with E-state index < -0.39 is 0 Å². The summed E-state index contributed by atoms with van der Waals surface area (Å²) in [7, 11) is 0. The van der Waals surface area contributed by atoms with E-state index in [9.17, 15) is 4.39 Å². The lowest BCUT2D eigenvalue weighted by atomic mass is 10.2. The van der Waals surface area contributed by atoms with E-state index in [0.717, 1.165) is 5.56 Å². The van der Waals surface area contributed by atoms with Crippen molar-refractivity contribution in [3.63, 3.8) is 0 Å². The summed E-state index contributed by atoms with van der Waals surface area (Å²) in [5, 5.41) is 0. The van der Waals surface area contributed by atoms with Gasteiger partial charge in [0.05, 0.1) is 0 Å². The van der Waals surface area contributed by atoms with Crippen LogP contribution in [0, 0.1) is 5.82 Å². The molecule has 0 bridgehead atoms. The normalized spacial score (nSPS) is 10.3. The molecule has 0 aliphatic carbocycles. The molecule has 1 aromatic carbocycles. The van der Waals surface area contributed by atoms with E-state index in [1.807, 2.05) is 0 Å². The van der Waals surface area contributed by atoms with Crippen molar-refractivity contribution in [2.45, 2.75) is 0 Å². The summed E-state index contributed by atoms with van der Waals surface area (Å²) in [6, 6.07) is 9.86. The van der Waals surface area contributed by atoms with Gasteiger partial charge in [-0.05, 0) is 40.2 Å². The third kappa shape index (κ3) is 1.80. The number of benzene rings is 1. The van der Waals surface area contributed by atoms with E-state index in [1.54, 1.807) is 24.3 Å². The molecule has 2 aromatic rings. The number of hydrogen-bond acceptors (Lipinski definition) is 1. The number of halogens is 2. The van der Waals surface area contributed by atoms with Crippen LogP contribution in [-0.4, -0.2) is 0 Å². The molecular weight excluding hydrogens is 235 g/mol. The van der Waals surface area contributed by atoms with Gasteiger partial charge in [-0.25, -0.2) is 4.39 Å². The molecule has 0 amide bonds. The predicted octanol–water partition coefficient (Wildman–Crippen LogP) is 3.85. The highest BCUT2D eigenvalue weighted by atomic mass is 79.9. The maximum absolute atomic E-state index is 12.8. The molecule has 0 aliphatic rings. The van der Waals surface area contributed by atoms with Crippen LogP contribution in [0.2, 0.25) is 0 Å². The highest BCUT2D eigenvalue weighted by Gasteiger charge is 2.02. The van der Waals surface area contributed by atoms with E-state index in [0.29, 0.717) is 10.4 Å². The Morgan fingerprint density at radius 2 is 2.00 bits per heavy atom. The predicted molar refractivity (Wildman–Crippen MR) is 51.8 cm³/mol. The molecule has 0 unspecified atom stereocenters. The molecule has 2 rings (SSSR count). The van der Waals surface area contributed by atoms with E-state index in [2.05, 4.69) is 15.9 Å². The molecule has 0 spiro atoms. The van der Waals surface area contributed by atoms with Crippen molar-refractivity contribution in [3.05, 3.63) is 46.9 Å². The molecule has 66 valence electrons. The minimum Gasteiger partial charge on any atom is -0.449 e. The first-order valence-corrected chi connectivity index (χ1v) is 4.56. The van der Waals surface area contributed by atoms with E-state index >= 15 is 0 Å². The fourth-order valence-electron chi connectivity index (χ4n) is 1.11. The Labute approximate surface area is 83.3 Å².